The summed E-state index contributed by atoms with van der Waals surface area (Å²) < 4.78 is 8.97. The Morgan fingerprint density at radius 2 is 1.22 bits per heavy atom. The Hall–Kier alpha value is -4.37. The van der Waals surface area contributed by atoms with E-state index in [1.807, 2.05) is 18.2 Å². The Balaban J connectivity index is 1.79. The van der Waals surface area contributed by atoms with Crippen LogP contribution >= 0.6 is 0 Å². The van der Waals surface area contributed by atoms with E-state index in [0.29, 0.717) is 0 Å². The Morgan fingerprint density at radius 3 is 2.00 bits per heavy atom. The minimum Gasteiger partial charge on any atom is -0.455 e. The SMILES string of the molecule is c1ccc(-c2oc3c4ccccc4n4c5ccccc5nc4c3c2-c2ccccc2)cc1. The second kappa shape index (κ2) is 6.56. The number of benzene rings is 4. The average molecular weight is 410 g/mol. The number of nitrogens with zero attached hydrogens (tertiary/aromatic N) is 2. The van der Waals surface area contributed by atoms with Crippen LogP contribution in [0, 0.1) is 0 Å². The molecule has 3 nitrogen and oxygen atoms in total. The third-order valence-electron chi connectivity index (χ3n) is 6.18. The molecule has 0 radical (unpaired) electrons. The van der Waals surface area contributed by atoms with E-state index in [1.165, 1.54) is 0 Å². The molecule has 0 saturated carbocycles. The number of rotatable bonds is 2. The van der Waals surface area contributed by atoms with Gasteiger partial charge >= 0.3 is 0 Å². The first-order chi connectivity index (χ1) is 15.9. The maximum Gasteiger partial charge on any atom is 0.150 e. The van der Waals surface area contributed by atoms with Crippen molar-refractivity contribution in [1.82, 2.24) is 9.38 Å². The van der Waals surface area contributed by atoms with Gasteiger partial charge in [-0.2, -0.15) is 0 Å². The highest BCUT2D eigenvalue weighted by Crippen LogP contribution is 2.45. The first-order valence-electron chi connectivity index (χ1n) is 10.8. The van der Waals surface area contributed by atoms with E-state index in [0.717, 1.165) is 61.0 Å². The zero-order valence-corrected chi connectivity index (χ0v) is 17.2. The summed E-state index contributed by atoms with van der Waals surface area (Å²) >= 11 is 0. The van der Waals surface area contributed by atoms with Gasteiger partial charge in [0.25, 0.3) is 0 Å². The Morgan fingerprint density at radius 1 is 0.594 bits per heavy atom. The molecule has 0 bridgehead atoms. The summed E-state index contributed by atoms with van der Waals surface area (Å²) in [5.41, 5.74) is 8.23. The highest BCUT2D eigenvalue weighted by Gasteiger charge is 2.24. The van der Waals surface area contributed by atoms with E-state index in [2.05, 4.69) is 95.4 Å². The molecule has 0 amide bonds. The first kappa shape index (κ1) is 17.3. The molecule has 3 heterocycles. The van der Waals surface area contributed by atoms with Gasteiger partial charge in [-0.3, -0.25) is 4.40 Å². The van der Waals surface area contributed by atoms with Crippen molar-refractivity contribution in [2.24, 2.45) is 0 Å². The summed E-state index contributed by atoms with van der Waals surface area (Å²) in [4.78, 5) is 5.09. The van der Waals surface area contributed by atoms with Crippen LogP contribution in [-0.2, 0) is 0 Å². The first-order valence-corrected chi connectivity index (χ1v) is 10.8. The highest BCUT2D eigenvalue weighted by atomic mass is 16.3. The van der Waals surface area contributed by atoms with Gasteiger partial charge < -0.3 is 4.42 Å². The van der Waals surface area contributed by atoms with Gasteiger partial charge in [-0.25, -0.2) is 4.98 Å². The fourth-order valence-electron chi connectivity index (χ4n) is 4.81. The molecule has 3 heteroatoms. The summed E-state index contributed by atoms with van der Waals surface area (Å²) in [6.07, 6.45) is 0. The van der Waals surface area contributed by atoms with Gasteiger partial charge in [0.15, 0.2) is 0 Å². The summed E-state index contributed by atoms with van der Waals surface area (Å²) in [7, 11) is 0. The lowest BCUT2D eigenvalue weighted by molar-refractivity contribution is 0.636. The van der Waals surface area contributed by atoms with Gasteiger partial charge in [0.1, 0.15) is 17.0 Å². The van der Waals surface area contributed by atoms with E-state index in [4.69, 9.17) is 9.40 Å². The van der Waals surface area contributed by atoms with Crippen LogP contribution in [0.4, 0.5) is 0 Å². The van der Waals surface area contributed by atoms with Gasteiger partial charge in [-0.1, -0.05) is 84.9 Å². The Kier molecular flexibility index (Phi) is 3.55. The molecular formula is C29H18N2O. The number of fused-ring (bicyclic) bond motifs is 8. The van der Waals surface area contributed by atoms with Gasteiger partial charge in [0.2, 0.25) is 0 Å². The number of hydrogen-bond acceptors (Lipinski definition) is 2. The second-order valence-corrected chi connectivity index (χ2v) is 8.02. The smallest absolute Gasteiger partial charge is 0.150 e. The molecule has 150 valence electrons. The number of furan rings is 1. The van der Waals surface area contributed by atoms with Crippen LogP contribution in [0.25, 0.3) is 61.0 Å². The van der Waals surface area contributed by atoms with Gasteiger partial charge in [-0.15, -0.1) is 0 Å². The normalized spacial score (nSPS) is 11.8. The molecule has 0 atom stereocenters. The average Bonchev–Trinajstić information content (AvgIpc) is 3.45. The number of pyridine rings is 1. The van der Waals surface area contributed by atoms with Crippen LogP contribution in [-0.4, -0.2) is 9.38 Å². The van der Waals surface area contributed by atoms with Gasteiger partial charge in [-0.05, 0) is 29.8 Å². The topological polar surface area (TPSA) is 30.4 Å². The predicted octanol–water partition coefficient (Wildman–Crippen LogP) is 7.72. The number of imidazole rings is 1. The summed E-state index contributed by atoms with van der Waals surface area (Å²) in [6.45, 7) is 0. The van der Waals surface area contributed by atoms with Crippen molar-refractivity contribution in [1.29, 1.82) is 0 Å². The van der Waals surface area contributed by atoms with E-state index in [1.54, 1.807) is 0 Å². The third-order valence-corrected chi connectivity index (χ3v) is 6.18. The minimum absolute atomic E-state index is 0.872. The van der Waals surface area contributed by atoms with E-state index < -0.39 is 0 Å². The van der Waals surface area contributed by atoms with Gasteiger partial charge in [0.05, 0.1) is 21.9 Å². The maximum absolute atomic E-state index is 6.70. The van der Waals surface area contributed by atoms with Crippen molar-refractivity contribution in [2.45, 2.75) is 0 Å². The molecule has 3 aromatic heterocycles. The number of hydrogen-bond donors (Lipinski definition) is 0. The minimum atomic E-state index is 0.872. The van der Waals surface area contributed by atoms with Crippen LogP contribution in [0.15, 0.2) is 114 Å². The van der Waals surface area contributed by atoms with Crippen molar-refractivity contribution in [3.8, 4) is 22.5 Å². The number of aromatic nitrogens is 2. The molecule has 0 N–H and O–H groups in total. The molecule has 4 aromatic carbocycles. The number of para-hydroxylation sites is 3. The molecule has 0 saturated heterocycles. The van der Waals surface area contributed by atoms with Crippen LogP contribution in [0.2, 0.25) is 0 Å². The molecule has 0 aliphatic rings. The molecule has 0 aliphatic carbocycles. The van der Waals surface area contributed by atoms with Gasteiger partial charge in [0, 0.05) is 16.5 Å². The van der Waals surface area contributed by atoms with Crippen LogP contribution in [0.1, 0.15) is 0 Å². The van der Waals surface area contributed by atoms with Crippen molar-refractivity contribution < 1.29 is 4.42 Å². The third kappa shape index (κ3) is 2.33. The maximum atomic E-state index is 6.70. The standard InChI is InChI=1S/C29H18N2O/c1-3-11-19(12-4-1)25-26-28(32-27(25)20-13-5-2-6-14-20)21-15-7-9-17-23(21)31-24-18-10-8-16-22(24)30-29(26)31/h1-18H. The van der Waals surface area contributed by atoms with E-state index in [9.17, 15) is 0 Å². The summed E-state index contributed by atoms with van der Waals surface area (Å²) in [5, 5.41) is 2.13. The lowest BCUT2D eigenvalue weighted by atomic mass is 9.98. The quantitative estimate of drug-likeness (QED) is 0.292. The van der Waals surface area contributed by atoms with E-state index >= 15 is 0 Å². The molecule has 0 aliphatic heterocycles. The molecule has 7 aromatic rings. The molecule has 0 fully saturated rings. The fourth-order valence-corrected chi connectivity index (χ4v) is 4.81. The predicted molar refractivity (Wildman–Crippen MR) is 131 cm³/mol. The lowest BCUT2D eigenvalue weighted by Crippen LogP contribution is -1.90. The van der Waals surface area contributed by atoms with Crippen LogP contribution in [0.3, 0.4) is 0 Å². The summed E-state index contributed by atoms with van der Waals surface area (Å²) in [5.74, 6) is 0.872. The second-order valence-electron chi connectivity index (χ2n) is 8.02. The van der Waals surface area contributed by atoms with Crippen molar-refractivity contribution in [3.05, 3.63) is 109 Å². The molecule has 0 unspecified atom stereocenters. The van der Waals surface area contributed by atoms with Crippen molar-refractivity contribution >= 4 is 38.6 Å². The lowest BCUT2D eigenvalue weighted by Gasteiger charge is -2.07. The Labute approximate surface area is 184 Å². The van der Waals surface area contributed by atoms with Crippen LogP contribution in [0.5, 0.6) is 0 Å². The molecule has 0 spiro atoms. The molecular weight excluding hydrogens is 392 g/mol. The zero-order valence-electron chi connectivity index (χ0n) is 17.2. The van der Waals surface area contributed by atoms with Crippen molar-refractivity contribution in [2.75, 3.05) is 0 Å². The Bertz CT molecular complexity index is 1760. The monoisotopic (exact) mass is 410 g/mol. The molecule has 7 rings (SSSR count). The van der Waals surface area contributed by atoms with Crippen LogP contribution < -0.4 is 0 Å². The zero-order chi connectivity index (χ0) is 21.1. The fraction of sp³-hybridized carbons (Fsp3) is 0. The molecule has 32 heavy (non-hydrogen) atoms. The van der Waals surface area contributed by atoms with E-state index in [-0.39, 0.29) is 0 Å². The van der Waals surface area contributed by atoms with Crippen molar-refractivity contribution in [3.63, 3.8) is 0 Å². The highest BCUT2D eigenvalue weighted by molar-refractivity contribution is 6.19. The summed E-state index contributed by atoms with van der Waals surface area (Å²) in [6, 6.07) is 37.5. The largest absolute Gasteiger partial charge is 0.455 e.